The van der Waals surface area contributed by atoms with Crippen LogP contribution in [0.2, 0.25) is 0 Å². The first-order valence-corrected chi connectivity index (χ1v) is 8.35. The van der Waals surface area contributed by atoms with Crippen LogP contribution in [0.5, 0.6) is 0 Å². The minimum atomic E-state index is -0.954. The van der Waals surface area contributed by atoms with Gasteiger partial charge in [0, 0.05) is 22.7 Å². The maximum Gasteiger partial charge on any atom is 0.335 e. The molecular formula is C19H11N3O2S. The van der Waals surface area contributed by atoms with Gasteiger partial charge in [-0.3, -0.25) is 4.40 Å². The third-order valence-corrected chi connectivity index (χ3v) is 4.78. The fourth-order valence-corrected chi connectivity index (χ4v) is 3.56. The number of fused-ring (bicyclic) bond motifs is 1. The topological polar surface area (TPSA) is 78.4 Å². The number of imidazole rings is 1. The molecule has 6 heteroatoms. The molecule has 2 aromatic heterocycles. The van der Waals surface area contributed by atoms with Crippen molar-refractivity contribution in [2.24, 2.45) is 0 Å². The molecule has 0 unspecified atom stereocenters. The van der Waals surface area contributed by atoms with Crippen molar-refractivity contribution in [1.82, 2.24) is 9.38 Å². The zero-order chi connectivity index (χ0) is 17.4. The van der Waals surface area contributed by atoms with Crippen LogP contribution in [0.25, 0.3) is 27.5 Å². The highest BCUT2D eigenvalue weighted by molar-refractivity contribution is 7.16. The third kappa shape index (κ3) is 2.57. The van der Waals surface area contributed by atoms with Gasteiger partial charge in [0.1, 0.15) is 16.3 Å². The van der Waals surface area contributed by atoms with Crippen LogP contribution >= 0.6 is 11.3 Å². The largest absolute Gasteiger partial charge is 0.478 e. The number of aromatic nitrogens is 2. The quantitative estimate of drug-likeness (QED) is 0.600. The van der Waals surface area contributed by atoms with Crippen LogP contribution in [0.1, 0.15) is 15.9 Å². The fourth-order valence-electron chi connectivity index (χ4n) is 2.71. The predicted molar refractivity (Wildman–Crippen MR) is 95.6 cm³/mol. The van der Waals surface area contributed by atoms with Gasteiger partial charge in [-0.1, -0.05) is 24.3 Å². The van der Waals surface area contributed by atoms with Crippen molar-refractivity contribution in [3.05, 3.63) is 71.2 Å². The Morgan fingerprint density at radius 1 is 1.16 bits per heavy atom. The first kappa shape index (κ1) is 15.1. The molecule has 0 radical (unpaired) electrons. The highest BCUT2D eigenvalue weighted by atomic mass is 32.1. The van der Waals surface area contributed by atoms with Crippen molar-refractivity contribution in [3.8, 4) is 28.7 Å². The Morgan fingerprint density at radius 3 is 2.68 bits per heavy atom. The summed E-state index contributed by atoms with van der Waals surface area (Å²) in [5.74, 6) is -0.213. The minimum Gasteiger partial charge on any atom is -0.478 e. The molecule has 0 aliphatic heterocycles. The van der Waals surface area contributed by atoms with Gasteiger partial charge in [0.25, 0.3) is 0 Å². The van der Waals surface area contributed by atoms with Crippen LogP contribution in [0.3, 0.4) is 0 Å². The van der Waals surface area contributed by atoms with E-state index in [-0.39, 0.29) is 5.56 Å². The van der Waals surface area contributed by atoms with Crippen molar-refractivity contribution in [2.75, 3.05) is 0 Å². The van der Waals surface area contributed by atoms with Gasteiger partial charge in [-0.05, 0) is 24.3 Å². The number of aromatic carboxylic acids is 1. The second kappa shape index (κ2) is 5.89. The Morgan fingerprint density at radius 2 is 1.96 bits per heavy atom. The lowest BCUT2D eigenvalue weighted by molar-refractivity contribution is 0.0697. The molecule has 120 valence electrons. The van der Waals surface area contributed by atoms with E-state index in [9.17, 15) is 4.79 Å². The van der Waals surface area contributed by atoms with Crippen molar-refractivity contribution >= 4 is 22.1 Å². The average molecular weight is 345 g/mol. The van der Waals surface area contributed by atoms with E-state index in [1.54, 1.807) is 41.7 Å². The lowest BCUT2D eigenvalue weighted by Crippen LogP contribution is -1.95. The summed E-state index contributed by atoms with van der Waals surface area (Å²) in [5, 5.41) is 20.1. The number of nitriles is 1. The number of carbonyl (C=O) groups is 1. The first-order valence-electron chi connectivity index (χ1n) is 7.47. The monoisotopic (exact) mass is 345 g/mol. The Labute approximate surface area is 147 Å². The van der Waals surface area contributed by atoms with Gasteiger partial charge in [0.2, 0.25) is 0 Å². The molecule has 0 fully saturated rings. The molecule has 0 aliphatic carbocycles. The van der Waals surface area contributed by atoms with Crippen molar-refractivity contribution in [1.29, 1.82) is 5.26 Å². The molecule has 0 aliphatic rings. The van der Waals surface area contributed by atoms with Gasteiger partial charge in [0.05, 0.1) is 17.2 Å². The first-order chi connectivity index (χ1) is 12.2. The molecule has 0 spiro atoms. The number of carboxylic acids is 1. The molecule has 0 bridgehead atoms. The highest BCUT2D eigenvalue weighted by Crippen LogP contribution is 2.33. The van der Waals surface area contributed by atoms with E-state index in [1.165, 1.54) is 0 Å². The molecule has 25 heavy (non-hydrogen) atoms. The van der Waals surface area contributed by atoms with Crippen LogP contribution in [0.4, 0.5) is 0 Å². The molecule has 4 rings (SSSR count). The van der Waals surface area contributed by atoms with Crippen LogP contribution in [0.15, 0.2) is 60.1 Å². The molecule has 0 amide bonds. The average Bonchev–Trinajstić information content (AvgIpc) is 3.24. The Hall–Kier alpha value is -3.43. The predicted octanol–water partition coefficient (Wildman–Crippen LogP) is 4.30. The summed E-state index contributed by atoms with van der Waals surface area (Å²) < 4.78 is 1.98. The lowest BCUT2D eigenvalue weighted by atomic mass is 10.1. The summed E-state index contributed by atoms with van der Waals surface area (Å²) >= 11 is 1.57. The Kier molecular flexibility index (Phi) is 3.56. The number of benzene rings is 2. The van der Waals surface area contributed by atoms with E-state index in [1.807, 2.05) is 34.2 Å². The van der Waals surface area contributed by atoms with Gasteiger partial charge in [-0.2, -0.15) is 5.26 Å². The second-order valence-corrected chi connectivity index (χ2v) is 6.33. The van der Waals surface area contributed by atoms with Crippen LogP contribution in [-0.2, 0) is 0 Å². The molecule has 2 aromatic carbocycles. The standard InChI is InChI=1S/C19H11N3O2S/c20-11-12-2-1-3-15(10-12)16-18-22(8-9-25-18)17(21-16)13-4-6-14(7-5-13)19(23)24/h1-10H,(H,23,24). The maximum atomic E-state index is 11.0. The van der Waals surface area contributed by atoms with Crippen LogP contribution < -0.4 is 0 Å². The van der Waals surface area contributed by atoms with E-state index < -0.39 is 5.97 Å². The number of carboxylic acid groups (broad SMARTS) is 1. The summed E-state index contributed by atoms with van der Waals surface area (Å²) in [6, 6.07) is 16.2. The molecule has 4 aromatic rings. The van der Waals surface area contributed by atoms with Crippen molar-refractivity contribution in [2.45, 2.75) is 0 Å². The second-order valence-electron chi connectivity index (χ2n) is 5.44. The third-order valence-electron chi connectivity index (χ3n) is 3.91. The summed E-state index contributed by atoms with van der Waals surface area (Å²) in [7, 11) is 0. The van der Waals surface area contributed by atoms with Gasteiger partial charge in [-0.25, -0.2) is 9.78 Å². The van der Waals surface area contributed by atoms with E-state index in [4.69, 9.17) is 15.4 Å². The van der Waals surface area contributed by atoms with Crippen LogP contribution in [-0.4, -0.2) is 20.5 Å². The van der Waals surface area contributed by atoms with E-state index >= 15 is 0 Å². The molecule has 5 nitrogen and oxygen atoms in total. The minimum absolute atomic E-state index is 0.240. The summed E-state index contributed by atoms with van der Waals surface area (Å²) in [6.07, 6.45) is 1.94. The smallest absolute Gasteiger partial charge is 0.335 e. The van der Waals surface area contributed by atoms with Crippen LogP contribution in [0, 0.1) is 11.3 Å². The van der Waals surface area contributed by atoms with Gasteiger partial charge in [0.15, 0.2) is 0 Å². The van der Waals surface area contributed by atoms with Gasteiger partial charge >= 0.3 is 5.97 Å². The number of hydrogen-bond acceptors (Lipinski definition) is 4. The normalized spacial score (nSPS) is 10.7. The molecule has 0 atom stereocenters. The number of rotatable bonds is 3. The van der Waals surface area contributed by atoms with Crippen molar-refractivity contribution in [3.63, 3.8) is 0 Å². The molecule has 0 saturated carbocycles. The van der Waals surface area contributed by atoms with E-state index in [2.05, 4.69) is 6.07 Å². The molecular weight excluding hydrogens is 334 g/mol. The highest BCUT2D eigenvalue weighted by Gasteiger charge is 2.16. The SMILES string of the molecule is N#Cc1cccc(-c2nc(-c3ccc(C(=O)O)cc3)n3ccsc23)c1. The number of hydrogen-bond donors (Lipinski definition) is 1. The van der Waals surface area contributed by atoms with E-state index in [0.29, 0.717) is 5.56 Å². The zero-order valence-electron chi connectivity index (χ0n) is 12.9. The Bertz CT molecular complexity index is 1130. The maximum absolute atomic E-state index is 11.0. The van der Waals surface area contributed by atoms with Crippen molar-refractivity contribution < 1.29 is 9.90 Å². The summed E-state index contributed by atoms with van der Waals surface area (Å²) in [6.45, 7) is 0. The summed E-state index contributed by atoms with van der Waals surface area (Å²) in [4.78, 5) is 16.8. The molecule has 0 saturated heterocycles. The van der Waals surface area contributed by atoms with Gasteiger partial charge in [-0.15, -0.1) is 11.3 Å². The molecule has 1 N–H and O–H groups in total. The lowest BCUT2D eigenvalue weighted by Gasteiger charge is -2.00. The van der Waals surface area contributed by atoms with E-state index in [0.717, 1.165) is 27.5 Å². The zero-order valence-corrected chi connectivity index (χ0v) is 13.7. The fraction of sp³-hybridized carbons (Fsp3) is 0. The number of nitrogens with zero attached hydrogens (tertiary/aromatic N) is 3. The molecule has 2 heterocycles. The Balaban J connectivity index is 1.88. The summed E-state index contributed by atoms with van der Waals surface area (Å²) in [5.41, 5.74) is 3.35. The number of thiazole rings is 1. The van der Waals surface area contributed by atoms with Gasteiger partial charge < -0.3 is 5.11 Å².